The smallest absolute Gasteiger partial charge is 0.305 e. The van der Waals surface area contributed by atoms with E-state index in [0.29, 0.717) is 39.9 Å². The van der Waals surface area contributed by atoms with Gasteiger partial charge in [0.1, 0.15) is 0 Å². The molecule has 0 aromatic carbocycles. The number of carbonyl (C=O) groups is 1. The van der Waals surface area contributed by atoms with E-state index in [4.69, 9.17) is 9.47 Å². The molecule has 0 aromatic heterocycles. The van der Waals surface area contributed by atoms with Gasteiger partial charge in [-0.05, 0) is 123 Å². The molecule has 4 fully saturated rings. The van der Waals surface area contributed by atoms with Crippen LogP contribution < -0.4 is 0 Å². The Morgan fingerprint density at radius 3 is 2.34 bits per heavy atom. The summed E-state index contributed by atoms with van der Waals surface area (Å²) in [6.45, 7) is 17.0. The second-order valence-electron chi connectivity index (χ2n) is 14.4. The summed E-state index contributed by atoms with van der Waals surface area (Å²) in [7, 11) is 3.34. The minimum atomic E-state index is -0.181. The molecule has 0 saturated heterocycles. The number of fused-ring (bicyclic) bond motifs is 2. The van der Waals surface area contributed by atoms with Gasteiger partial charge in [-0.3, -0.25) is 4.79 Å². The van der Waals surface area contributed by atoms with Crippen LogP contribution in [0.5, 0.6) is 0 Å². The Bertz CT molecular complexity index is 829. The van der Waals surface area contributed by atoms with Gasteiger partial charge in [-0.2, -0.15) is 0 Å². The first kappa shape index (κ1) is 27.2. The van der Waals surface area contributed by atoms with Crippen LogP contribution >= 0.6 is 0 Å². The Balaban J connectivity index is 1.56. The Morgan fingerprint density at radius 2 is 1.71 bits per heavy atom. The van der Waals surface area contributed by atoms with E-state index in [0.717, 1.165) is 30.6 Å². The first-order valence-corrected chi connectivity index (χ1v) is 14.6. The van der Waals surface area contributed by atoms with E-state index in [2.05, 4.69) is 60.6 Å². The van der Waals surface area contributed by atoms with Crippen molar-refractivity contribution in [2.75, 3.05) is 14.2 Å². The van der Waals surface area contributed by atoms with Crippen LogP contribution in [0.3, 0.4) is 0 Å². The largest absolute Gasteiger partial charge is 0.469 e. The van der Waals surface area contributed by atoms with Crippen molar-refractivity contribution in [2.45, 2.75) is 118 Å². The van der Waals surface area contributed by atoms with Crippen LogP contribution in [0.4, 0.5) is 0 Å². The van der Waals surface area contributed by atoms with Crippen molar-refractivity contribution < 1.29 is 14.3 Å². The molecule has 200 valence electrons. The molecule has 3 heteroatoms. The fourth-order valence-electron chi connectivity index (χ4n) is 10.5. The molecule has 0 amide bonds. The number of hydrogen-bond acceptors (Lipinski definition) is 3. The summed E-state index contributed by atoms with van der Waals surface area (Å²) < 4.78 is 10.7. The highest BCUT2D eigenvalue weighted by Crippen LogP contribution is 2.87. The highest BCUT2D eigenvalue weighted by Gasteiger charge is 2.80. The number of esters is 1. The highest BCUT2D eigenvalue weighted by atomic mass is 16.5. The van der Waals surface area contributed by atoms with Gasteiger partial charge in [-0.1, -0.05) is 46.8 Å². The molecule has 0 N–H and O–H groups in total. The summed E-state index contributed by atoms with van der Waals surface area (Å²) in [5.74, 6) is 3.77. The third-order valence-electron chi connectivity index (χ3n) is 12.6. The van der Waals surface area contributed by atoms with E-state index in [1.54, 1.807) is 14.2 Å². The summed E-state index contributed by atoms with van der Waals surface area (Å²) in [5, 5.41) is 0. The van der Waals surface area contributed by atoms with Crippen LogP contribution in [0, 0.1) is 51.2 Å². The van der Waals surface area contributed by atoms with Crippen LogP contribution in [0.25, 0.3) is 0 Å². The second-order valence-corrected chi connectivity index (χ2v) is 14.4. The van der Waals surface area contributed by atoms with E-state index in [9.17, 15) is 4.79 Å². The summed E-state index contributed by atoms with van der Waals surface area (Å²) in [4.78, 5) is 12.2. The molecular formula is C32H54O3. The third kappa shape index (κ3) is 4.05. The van der Waals surface area contributed by atoms with Gasteiger partial charge in [0.05, 0.1) is 12.7 Å². The third-order valence-corrected chi connectivity index (χ3v) is 12.6. The lowest BCUT2D eigenvalue weighted by molar-refractivity contribution is -0.144. The molecule has 0 bridgehead atoms. The highest BCUT2D eigenvalue weighted by molar-refractivity contribution is 5.69. The molecule has 8 unspecified atom stereocenters. The van der Waals surface area contributed by atoms with Crippen LogP contribution in [0.1, 0.15) is 113 Å². The number of methoxy groups -OCH3 is 2. The average molecular weight is 487 g/mol. The van der Waals surface area contributed by atoms with Crippen molar-refractivity contribution in [1.82, 2.24) is 0 Å². The normalized spacial score (nSPS) is 43.5. The minimum absolute atomic E-state index is 0.0163. The van der Waals surface area contributed by atoms with Gasteiger partial charge in [-0.25, -0.2) is 0 Å². The van der Waals surface area contributed by atoms with Gasteiger partial charge < -0.3 is 9.47 Å². The molecule has 4 aliphatic rings. The van der Waals surface area contributed by atoms with Crippen molar-refractivity contribution in [3.05, 3.63) is 12.2 Å². The van der Waals surface area contributed by atoms with Crippen LogP contribution in [-0.2, 0) is 14.3 Å². The molecular weight excluding hydrogens is 432 g/mol. The lowest BCUT2D eigenvalue weighted by Gasteiger charge is -2.61. The van der Waals surface area contributed by atoms with E-state index >= 15 is 0 Å². The zero-order valence-electron chi connectivity index (χ0n) is 24.3. The van der Waals surface area contributed by atoms with Gasteiger partial charge in [0.15, 0.2) is 0 Å². The first-order valence-electron chi connectivity index (χ1n) is 14.6. The standard InChI is InChI=1S/C32H54O3/c1-22(2)24-12-13-26-30(7)17-14-25(23(3)11-10-16-28(4,5)35-9)29(30,6)19-20-32(26)21-31(24,32)18-15-27(33)34-8/h10,16,22-26H,11-15,17-21H2,1-9H3. The van der Waals surface area contributed by atoms with E-state index in [1.165, 1.54) is 44.9 Å². The summed E-state index contributed by atoms with van der Waals surface area (Å²) in [6, 6.07) is 0. The lowest BCUT2D eigenvalue weighted by atomic mass is 9.43. The van der Waals surface area contributed by atoms with Crippen molar-refractivity contribution >= 4 is 5.97 Å². The molecule has 0 aliphatic heterocycles. The fraction of sp³-hybridized carbons (Fsp3) is 0.906. The summed E-state index contributed by atoms with van der Waals surface area (Å²) in [5.41, 5.74) is 1.52. The molecule has 0 radical (unpaired) electrons. The zero-order chi connectivity index (χ0) is 25.9. The summed E-state index contributed by atoms with van der Waals surface area (Å²) in [6.07, 6.45) is 17.1. The SMILES string of the molecule is COC(=O)CCC12CC13CCC1(C)C(C(C)CC=CC(C)(C)OC)CCC1(C)C3CCC2C(C)C. The van der Waals surface area contributed by atoms with Crippen LogP contribution in [0.15, 0.2) is 12.2 Å². The minimum Gasteiger partial charge on any atom is -0.469 e. The maximum Gasteiger partial charge on any atom is 0.305 e. The Morgan fingerprint density at radius 1 is 1.00 bits per heavy atom. The van der Waals surface area contributed by atoms with Crippen molar-refractivity contribution in [3.8, 4) is 0 Å². The van der Waals surface area contributed by atoms with E-state index < -0.39 is 0 Å². The van der Waals surface area contributed by atoms with Gasteiger partial charge in [-0.15, -0.1) is 0 Å². The first-order chi connectivity index (χ1) is 16.3. The fourth-order valence-corrected chi connectivity index (χ4v) is 10.5. The van der Waals surface area contributed by atoms with Crippen molar-refractivity contribution in [2.24, 2.45) is 51.2 Å². The number of carbonyl (C=O) groups excluding carboxylic acids is 1. The Hall–Kier alpha value is -0.830. The molecule has 4 aliphatic carbocycles. The van der Waals surface area contributed by atoms with Gasteiger partial charge in [0.2, 0.25) is 0 Å². The molecule has 0 aromatic rings. The average Bonchev–Trinajstić information content (AvgIpc) is 3.40. The molecule has 1 spiro atoms. The topological polar surface area (TPSA) is 35.5 Å². The number of hydrogen-bond donors (Lipinski definition) is 0. The Kier molecular flexibility index (Phi) is 7.13. The van der Waals surface area contributed by atoms with E-state index in [1.807, 2.05) is 0 Å². The maximum absolute atomic E-state index is 12.2. The monoisotopic (exact) mass is 486 g/mol. The predicted octanol–water partition coefficient (Wildman–Crippen LogP) is 8.22. The number of rotatable bonds is 9. The maximum atomic E-state index is 12.2. The second kappa shape index (κ2) is 9.17. The lowest BCUT2D eigenvalue weighted by Crippen LogP contribution is -2.54. The molecule has 35 heavy (non-hydrogen) atoms. The summed E-state index contributed by atoms with van der Waals surface area (Å²) >= 11 is 0. The Labute approximate surface area is 216 Å². The van der Waals surface area contributed by atoms with Gasteiger partial charge in [0.25, 0.3) is 0 Å². The molecule has 0 heterocycles. The molecule has 3 nitrogen and oxygen atoms in total. The van der Waals surface area contributed by atoms with Crippen molar-refractivity contribution in [3.63, 3.8) is 0 Å². The van der Waals surface area contributed by atoms with Crippen molar-refractivity contribution in [1.29, 1.82) is 0 Å². The molecule has 8 atom stereocenters. The van der Waals surface area contributed by atoms with Gasteiger partial charge in [0, 0.05) is 13.5 Å². The number of ether oxygens (including phenoxy) is 2. The molecule has 4 rings (SSSR count). The van der Waals surface area contributed by atoms with Crippen LogP contribution in [0.2, 0.25) is 0 Å². The predicted molar refractivity (Wildman–Crippen MR) is 144 cm³/mol. The number of allylic oxidation sites excluding steroid dienone is 1. The molecule has 4 saturated carbocycles. The van der Waals surface area contributed by atoms with E-state index in [-0.39, 0.29) is 11.6 Å². The van der Waals surface area contributed by atoms with Crippen LogP contribution in [-0.4, -0.2) is 25.8 Å². The van der Waals surface area contributed by atoms with Gasteiger partial charge >= 0.3 is 5.97 Å². The quantitative estimate of drug-likeness (QED) is 0.243. The zero-order valence-corrected chi connectivity index (χ0v) is 24.3.